The molecule has 0 spiro atoms. The standard InChI is InChI=1S/C18H17ClFN3/c1-11(2)10-21-18-15-8-5-13(19)9-16(15)22-17(23-18)12-3-6-14(20)7-4-12/h3-9,11H,10H2,1-2H3,(H,21,22,23). The van der Waals surface area contributed by atoms with Crippen molar-refractivity contribution in [2.75, 3.05) is 11.9 Å². The van der Waals surface area contributed by atoms with E-state index in [-0.39, 0.29) is 5.82 Å². The lowest BCUT2D eigenvalue weighted by molar-refractivity contribution is 0.628. The molecule has 0 aliphatic carbocycles. The van der Waals surface area contributed by atoms with Crippen molar-refractivity contribution in [3.8, 4) is 11.4 Å². The Morgan fingerprint density at radius 3 is 2.52 bits per heavy atom. The summed E-state index contributed by atoms with van der Waals surface area (Å²) >= 11 is 6.09. The summed E-state index contributed by atoms with van der Waals surface area (Å²) in [6.45, 7) is 5.07. The Morgan fingerprint density at radius 2 is 1.83 bits per heavy atom. The molecule has 5 heteroatoms. The van der Waals surface area contributed by atoms with E-state index in [1.54, 1.807) is 12.1 Å². The number of nitrogens with one attached hydrogen (secondary N) is 1. The van der Waals surface area contributed by atoms with Crippen LogP contribution in [0, 0.1) is 11.7 Å². The zero-order valence-electron chi connectivity index (χ0n) is 13.0. The fourth-order valence-electron chi connectivity index (χ4n) is 2.27. The first kappa shape index (κ1) is 15.7. The quantitative estimate of drug-likeness (QED) is 0.718. The van der Waals surface area contributed by atoms with Crippen LogP contribution in [0.5, 0.6) is 0 Å². The summed E-state index contributed by atoms with van der Waals surface area (Å²) in [5.41, 5.74) is 1.53. The van der Waals surface area contributed by atoms with Gasteiger partial charge in [0.1, 0.15) is 11.6 Å². The molecule has 0 aliphatic heterocycles. The number of nitrogens with zero attached hydrogens (tertiary/aromatic N) is 2. The molecule has 0 radical (unpaired) electrons. The highest BCUT2D eigenvalue weighted by Gasteiger charge is 2.10. The molecule has 1 N–H and O–H groups in total. The predicted molar refractivity (Wildman–Crippen MR) is 93.3 cm³/mol. The van der Waals surface area contributed by atoms with Gasteiger partial charge in [0.15, 0.2) is 5.82 Å². The maximum Gasteiger partial charge on any atom is 0.162 e. The largest absolute Gasteiger partial charge is 0.369 e. The monoisotopic (exact) mass is 329 g/mol. The van der Waals surface area contributed by atoms with Gasteiger partial charge in [0.25, 0.3) is 0 Å². The summed E-state index contributed by atoms with van der Waals surface area (Å²) < 4.78 is 13.1. The van der Waals surface area contributed by atoms with Crippen LogP contribution in [0.15, 0.2) is 42.5 Å². The zero-order chi connectivity index (χ0) is 16.4. The number of hydrogen-bond acceptors (Lipinski definition) is 3. The van der Waals surface area contributed by atoms with E-state index >= 15 is 0 Å². The Bertz CT molecular complexity index is 832. The van der Waals surface area contributed by atoms with Crippen molar-refractivity contribution >= 4 is 28.3 Å². The minimum Gasteiger partial charge on any atom is -0.369 e. The van der Waals surface area contributed by atoms with Crippen LogP contribution in [0.2, 0.25) is 5.02 Å². The van der Waals surface area contributed by atoms with Crippen molar-refractivity contribution < 1.29 is 4.39 Å². The van der Waals surface area contributed by atoms with Crippen LogP contribution in [0.25, 0.3) is 22.3 Å². The van der Waals surface area contributed by atoms with E-state index in [0.717, 1.165) is 28.8 Å². The minimum absolute atomic E-state index is 0.282. The zero-order valence-corrected chi connectivity index (χ0v) is 13.7. The number of hydrogen-bond donors (Lipinski definition) is 1. The molecule has 0 aliphatic rings. The van der Waals surface area contributed by atoms with Crippen molar-refractivity contribution in [2.45, 2.75) is 13.8 Å². The number of aromatic nitrogens is 2. The molecule has 0 fully saturated rings. The van der Waals surface area contributed by atoms with Crippen molar-refractivity contribution in [3.63, 3.8) is 0 Å². The van der Waals surface area contributed by atoms with E-state index < -0.39 is 0 Å². The third-order valence-corrected chi connectivity index (χ3v) is 3.67. The molecule has 23 heavy (non-hydrogen) atoms. The van der Waals surface area contributed by atoms with E-state index in [1.165, 1.54) is 12.1 Å². The molecule has 2 aromatic carbocycles. The van der Waals surface area contributed by atoms with Gasteiger partial charge in [0.2, 0.25) is 0 Å². The Hall–Kier alpha value is -2.20. The normalized spacial score (nSPS) is 11.2. The van der Waals surface area contributed by atoms with Gasteiger partial charge in [-0.3, -0.25) is 0 Å². The average molecular weight is 330 g/mol. The summed E-state index contributed by atoms with van der Waals surface area (Å²) in [7, 11) is 0. The molecule has 3 nitrogen and oxygen atoms in total. The first-order chi connectivity index (χ1) is 11.0. The van der Waals surface area contributed by atoms with E-state index in [0.29, 0.717) is 16.8 Å². The van der Waals surface area contributed by atoms with Gasteiger partial charge < -0.3 is 5.32 Å². The van der Waals surface area contributed by atoms with Gasteiger partial charge in [-0.15, -0.1) is 0 Å². The van der Waals surface area contributed by atoms with Gasteiger partial charge in [0, 0.05) is 22.5 Å². The van der Waals surface area contributed by atoms with Gasteiger partial charge in [-0.2, -0.15) is 0 Å². The summed E-state index contributed by atoms with van der Waals surface area (Å²) in [5.74, 6) is 1.52. The summed E-state index contributed by atoms with van der Waals surface area (Å²) in [6.07, 6.45) is 0. The topological polar surface area (TPSA) is 37.8 Å². The SMILES string of the molecule is CC(C)CNc1nc(-c2ccc(F)cc2)nc2cc(Cl)ccc12. The third-order valence-electron chi connectivity index (χ3n) is 3.44. The molecule has 3 rings (SSSR count). The van der Waals surface area contributed by atoms with E-state index in [4.69, 9.17) is 11.6 Å². The molecule has 1 aromatic heterocycles. The summed E-state index contributed by atoms with van der Waals surface area (Å²) in [4.78, 5) is 9.18. The molecule has 0 unspecified atom stereocenters. The molecule has 0 saturated carbocycles. The fourth-order valence-corrected chi connectivity index (χ4v) is 2.43. The van der Waals surface area contributed by atoms with Gasteiger partial charge in [-0.05, 0) is 48.4 Å². The van der Waals surface area contributed by atoms with E-state index in [9.17, 15) is 4.39 Å². The molecule has 3 aromatic rings. The molecular weight excluding hydrogens is 313 g/mol. The molecular formula is C18H17ClFN3. The smallest absolute Gasteiger partial charge is 0.162 e. The molecule has 0 amide bonds. The second-order valence-electron chi connectivity index (χ2n) is 5.84. The van der Waals surface area contributed by atoms with Crippen molar-refractivity contribution in [1.82, 2.24) is 9.97 Å². The fraction of sp³-hybridized carbons (Fsp3) is 0.222. The predicted octanol–water partition coefficient (Wildman–Crippen LogP) is 5.16. The lowest BCUT2D eigenvalue weighted by Crippen LogP contribution is -2.10. The molecule has 0 saturated heterocycles. The summed E-state index contributed by atoms with van der Waals surface area (Å²) in [5, 5.41) is 4.90. The van der Waals surface area contributed by atoms with Gasteiger partial charge >= 0.3 is 0 Å². The number of rotatable bonds is 4. The number of halogens is 2. The highest BCUT2D eigenvalue weighted by molar-refractivity contribution is 6.31. The maximum absolute atomic E-state index is 13.1. The second kappa shape index (κ2) is 6.50. The highest BCUT2D eigenvalue weighted by Crippen LogP contribution is 2.27. The molecule has 0 bridgehead atoms. The van der Waals surface area contributed by atoms with Gasteiger partial charge in [-0.1, -0.05) is 25.4 Å². The van der Waals surface area contributed by atoms with Crippen LogP contribution in [0.4, 0.5) is 10.2 Å². The Kier molecular flexibility index (Phi) is 4.44. The minimum atomic E-state index is -0.282. The van der Waals surface area contributed by atoms with E-state index in [2.05, 4.69) is 29.1 Å². The van der Waals surface area contributed by atoms with Crippen molar-refractivity contribution in [2.24, 2.45) is 5.92 Å². The van der Waals surface area contributed by atoms with Crippen LogP contribution in [0.3, 0.4) is 0 Å². The Balaban J connectivity index is 2.12. The molecule has 1 heterocycles. The third kappa shape index (κ3) is 3.59. The van der Waals surface area contributed by atoms with Crippen molar-refractivity contribution in [1.29, 1.82) is 0 Å². The first-order valence-electron chi connectivity index (χ1n) is 7.50. The van der Waals surface area contributed by atoms with Crippen LogP contribution in [-0.4, -0.2) is 16.5 Å². The lowest BCUT2D eigenvalue weighted by atomic mass is 10.1. The average Bonchev–Trinajstić information content (AvgIpc) is 2.52. The second-order valence-corrected chi connectivity index (χ2v) is 6.28. The Labute approximate surface area is 139 Å². The maximum atomic E-state index is 13.1. The van der Waals surface area contributed by atoms with Gasteiger partial charge in [0.05, 0.1) is 5.52 Å². The van der Waals surface area contributed by atoms with Crippen LogP contribution in [-0.2, 0) is 0 Å². The lowest BCUT2D eigenvalue weighted by Gasteiger charge is -2.12. The number of anilines is 1. The highest BCUT2D eigenvalue weighted by atomic mass is 35.5. The Morgan fingerprint density at radius 1 is 1.09 bits per heavy atom. The van der Waals surface area contributed by atoms with Gasteiger partial charge in [-0.25, -0.2) is 14.4 Å². The number of benzene rings is 2. The molecule has 0 atom stereocenters. The van der Waals surface area contributed by atoms with Crippen molar-refractivity contribution in [3.05, 3.63) is 53.3 Å². The first-order valence-corrected chi connectivity index (χ1v) is 7.88. The molecule has 118 valence electrons. The van der Waals surface area contributed by atoms with E-state index in [1.807, 2.05) is 18.2 Å². The van der Waals surface area contributed by atoms with Crippen LogP contribution >= 0.6 is 11.6 Å². The number of fused-ring (bicyclic) bond motifs is 1. The summed E-state index contributed by atoms with van der Waals surface area (Å²) in [6, 6.07) is 11.7. The van der Waals surface area contributed by atoms with Crippen LogP contribution < -0.4 is 5.32 Å². The van der Waals surface area contributed by atoms with Crippen LogP contribution in [0.1, 0.15) is 13.8 Å².